The van der Waals surface area contributed by atoms with Crippen molar-refractivity contribution in [2.45, 2.75) is 64.7 Å². The van der Waals surface area contributed by atoms with Crippen LogP contribution in [0.2, 0.25) is 0 Å². The summed E-state index contributed by atoms with van der Waals surface area (Å²) in [5, 5.41) is 0. The molecule has 0 nitrogen and oxygen atoms in total. The van der Waals surface area contributed by atoms with Gasteiger partial charge in [-0.1, -0.05) is 39.0 Å². The van der Waals surface area contributed by atoms with Crippen LogP contribution in [-0.4, -0.2) is 4.87 Å². The summed E-state index contributed by atoms with van der Waals surface area (Å²) in [7, 11) is 0. The largest absolute Gasteiger partial charge is 0.120 e. The molecule has 0 aromatic rings. The van der Waals surface area contributed by atoms with Crippen LogP contribution in [0, 0.1) is 5.92 Å². The molecule has 0 aliphatic heterocycles. The molecule has 1 aliphatic carbocycles. The van der Waals surface area contributed by atoms with E-state index in [2.05, 4.69) is 6.92 Å². The zero-order valence-corrected chi connectivity index (χ0v) is 9.75. The summed E-state index contributed by atoms with van der Waals surface area (Å²) in [5.41, 5.74) is 0. The molecule has 0 radical (unpaired) electrons. The lowest BCUT2D eigenvalue weighted by atomic mass is 9.91. The van der Waals surface area contributed by atoms with Gasteiger partial charge in [-0.05, 0) is 26.7 Å². The van der Waals surface area contributed by atoms with Gasteiger partial charge in [-0.3, -0.25) is 0 Å². The second kappa shape index (κ2) is 5.85. The zero-order chi connectivity index (χ0) is 9.61. The number of hydrogen-bond acceptors (Lipinski definition) is 0. The van der Waals surface area contributed by atoms with Crippen molar-refractivity contribution >= 4 is 11.6 Å². The standard InChI is InChI=1S/C7H14.C4H9Cl/c1-7-5-3-2-4-6-7;1-4(2,3)5/h7H,2-6H2,1H3;1-3H3. The van der Waals surface area contributed by atoms with Gasteiger partial charge in [0.2, 0.25) is 0 Å². The lowest BCUT2D eigenvalue weighted by Crippen LogP contribution is -1.99. The van der Waals surface area contributed by atoms with E-state index in [1.54, 1.807) is 0 Å². The summed E-state index contributed by atoms with van der Waals surface area (Å²) < 4.78 is 0. The van der Waals surface area contributed by atoms with Gasteiger partial charge >= 0.3 is 0 Å². The van der Waals surface area contributed by atoms with E-state index in [9.17, 15) is 0 Å². The molecule has 1 fully saturated rings. The van der Waals surface area contributed by atoms with Gasteiger partial charge in [-0.15, -0.1) is 11.6 Å². The molecule has 0 spiro atoms. The second-order valence-electron chi connectivity index (χ2n) is 4.81. The van der Waals surface area contributed by atoms with Crippen LogP contribution in [-0.2, 0) is 0 Å². The van der Waals surface area contributed by atoms with Crippen molar-refractivity contribution in [2.75, 3.05) is 0 Å². The minimum Gasteiger partial charge on any atom is -0.120 e. The Morgan fingerprint density at radius 2 is 1.33 bits per heavy atom. The Hall–Kier alpha value is 0.290. The molecule has 0 bridgehead atoms. The number of alkyl halides is 1. The van der Waals surface area contributed by atoms with Crippen LogP contribution >= 0.6 is 11.6 Å². The Morgan fingerprint density at radius 3 is 1.50 bits per heavy atom. The zero-order valence-electron chi connectivity index (χ0n) is 8.99. The van der Waals surface area contributed by atoms with Gasteiger partial charge in [0.15, 0.2) is 0 Å². The first-order chi connectivity index (χ1) is 5.39. The Bertz CT molecular complexity index is 90.1. The maximum absolute atomic E-state index is 5.53. The van der Waals surface area contributed by atoms with Crippen molar-refractivity contribution in [3.8, 4) is 0 Å². The topological polar surface area (TPSA) is 0 Å². The Balaban J connectivity index is 0.000000217. The highest BCUT2D eigenvalue weighted by Gasteiger charge is 2.05. The fourth-order valence-electron chi connectivity index (χ4n) is 1.31. The van der Waals surface area contributed by atoms with E-state index >= 15 is 0 Å². The highest BCUT2D eigenvalue weighted by atomic mass is 35.5. The average molecular weight is 191 g/mol. The molecule has 1 saturated carbocycles. The van der Waals surface area contributed by atoms with Gasteiger partial charge in [0, 0.05) is 4.87 Å². The fraction of sp³-hybridized carbons (Fsp3) is 1.00. The van der Waals surface area contributed by atoms with Crippen molar-refractivity contribution < 1.29 is 0 Å². The molecule has 0 heterocycles. The van der Waals surface area contributed by atoms with E-state index in [0.717, 1.165) is 5.92 Å². The molecule has 1 aliphatic rings. The van der Waals surface area contributed by atoms with Crippen molar-refractivity contribution in [2.24, 2.45) is 5.92 Å². The summed E-state index contributed by atoms with van der Waals surface area (Å²) in [6, 6.07) is 0. The summed E-state index contributed by atoms with van der Waals surface area (Å²) in [4.78, 5) is -0.0278. The van der Waals surface area contributed by atoms with Crippen LogP contribution in [0.5, 0.6) is 0 Å². The molecule has 1 heteroatoms. The molecule has 0 aromatic carbocycles. The first-order valence-electron chi connectivity index (χ1n) is 5.08. The Morgan fingerprint density at radius 1 is 1.00 bits per heavy atom. The third-order valence-corrected chi connectivity index (χ3v) is 1.89. The lowest BCUT2D eigenvalue weighted by molar-refractivity contribution is 0.385. The van der Waals surface area contributed by atoms with Crippen LogP contribution in [0.15, 0.2) is 0 Å². The minimum atomic E-state index is -0.0278. The predicted octanol–water partition coefficient (Wildman–Crippen LogP) is 4.61. The van der Waals surface area contributed by atoms with E-state index in [1.165, 1.54) is 32.1 Å². The molecule has 0 unspecified atom stereocenters. The van der Waals surface area contributed by atoms with Gasteiger partial charge in [-0.2, -0.15) is 0 Å². The Kier molecular flexibility index (Phi) is 6.00. The van der Waals surface area contributed by atoms with E-state index < -0.39 is 0 Å². The highest BCUT2D eigenvalue weighted by molar-refractivity contribution is 6.23. The van der Waals surface area contributed by atoms with Crippen LogP contribution in [0.4, 0.5) is 0 Å². The average Bonchev–Trinajstić information content (AvgIpc) is 1.85. The number of hydrogen-bond donors (Lipinski definition) is 0. The maximum atomic E-state index is 5.53. The predicted molar refractivity (Wildman–Crippen MR) is 57.9 cm³/mol. The van der Waals surface area contributed by atoms with Gasteiger partial charge < -0.3 is 0 Å². The highest BCUT2D eigenvalue weighted by Crippen LogP contribution is 2.22. The summed E-state index contributed by atoms with van der Waals surface area (Å²) >= 11 is 5.53. The molecule has 74 valence electrons. The third-order valence-electron chi connectivity index (χ3n) is 1.89. The van der Waals surface area contributed by atoms with Gasteiger partial charge in [-0.25, -0.2) is 0 Å². The minimum absolute atomic E-state index is 0.0278. The second-order valence-corrected chi connectivity index (χ2v) is 5.94. The SMILES string of the molecule is CC(C)(C)Cl.CC1CCCCC1. The summed E-state index contributed by atoms with van der Waals surface area (Å²) in [6.45, 7) is 8.22. The molecule has 12 heavy (non-hydrogen) atoms. The maximum Gasteiger partial charge on any atom is 0.0362 e. The van der Waals surface area contributed by atoms with Crippen LogP contribution in [0.1, 0.15) is 59.8 Å². The molecule has 0 atom stereocenters. The van der Waals surface area contributed by atoms with Gasteiger partial charge in [0.05, 0.1) is 0 Å². The molecular formula is C11H23Cl. The summed E-state index contributed by atoms with van der Waals surface area (Å²) in [5.74, 6) is 1.04. The molecule has 0 amide bonds. The molecule has 0 saturated heterocycles. The first-order valence-corrected chi connectivity index (χ1v) is 5.46. The van der Waals surface area contributed by atoms with Gasteiger partial charge in [0.1, 0.15) is 0 Å². The summed E-state index contributed by atoms with van der Waals surface area (Å²) in [6.07, 6.45) is 7.44. The van der Waals surface area contributed by atoms with Crippen molar-refractivity contribution in [3.05, 3.63) is 0 Å². The Labute approximate surface area is 82.7 Å². The van der Waals surface area contributed by atoms with Crippen molar-refractivity contribution in [1.29, 1.82) is 0 Å². The lowest BCUT2D eigenvalue weighted by Gasteiger charge is -2.15. The monoisotopic (exact) mass is 190 g/mol. The quantitative estimate of drug-likeness (QED) is 0.490. The molecule has 1 rings (SSSR count). The first kappa shape index (κ1) is 12.3. The van der Waals surface area contributed by atoms with Crippen LogP contribution in [0.3, 0.4) is 0 Å². The molecular weight excluding hydrogens is 168 g/mol. The van der Waals surface area contributed by atoms with Gasteiger partial charge in [0.25, 0.3) is 0 Å². The van der Waals surface area contributed by atoms with Crippen molar-refractivity contribution in [3.63, 3.8) is 0 Å². The molecule has 0 N–H and O–H groups in total. The van der Waals surface area contributed by atoms with E-state index in [0.29, 0.717) is 0 Å². The normalized spacial score (nSPS) is 19.8. The van der Waals surface area contributed by atoms with E-state index in [4.69, 9.17) is 11.6 Å². The number of rotatable bonds is 0. The van der Waals surface area contributed by atoms with Crippen LogP contribution < -0.4 is 0 Å². The molecule has 0 aromatic heterocycles. The fourth-order valence-corrected chi connectivity index (χ4v) is 1.31. The third kappa shape index (κ3) is 12.9. The van der Waals surface area contributed by atoms with E-state index in [1.807, 2.05) is 20.8 Å². The van der Waals surface area contributed by atoms with Crippen LogP contribution in [0.25, 0.3) is 0 Å². The number of halogens is 1. The van der Waals surface area contributed by atoms with E-state index in [-0.39, 0.29) is 4.87 Å². The van der Waals surface area contributed by atoms with Crippen molar-refractivity contribution in [1.82, 2.24) is 0 Å². The smallest absolute Gasteiger partial charge is 0.0362 e.